The van der Waals surface area contributed by atoms with Gasteiger partial charge in [-0.25, -0.2) is 9.37 Å². The summed E-state index contributed by atoms with van der Waals surface area (Å²) >= 11 is 7.91. The summed E-state index contributed by atoms with van der Waals surface area (Å²) in [6, 6.07) is 3.29. The fourth-order valence-corrected chi connectivity index (χ4v) is 3.22. The van der Waals surface area contributed by atoms with Gasteiger partial charge in [0.25, 0.3) is 0 Å². The second kappa shape index (κ2) is 5.48. The Kier molecular flexibility index (Phi) is 3.85. The zero-order valence-electron chi connectivity index (χ0n) is 10.5. The number of fused-ring (bicyclic) bond motifs is 1. The number of nitrogens with zero attached hydrogens (tertiary/aromatic N) is 2. The molecule has 1 unspecified atom stereocenters. The Hall–Kier alpha value is -0.890. The van der Waals surface area contributed by atoms with Gasteiger partial charge in [-0.15, -0.1) is 11.6 Å². The van der Waals surface area contributed by atoms with Crippen LogP contribution in [0.3, 0.4) is 0 Å². The standard InChI is InChI=1S/C13H12ClFIN3O/c14-5-12-18-10-4-9(16)8(15)3-11(10)19(12)7-1-2-13(20)17-6-7/h3-4,7H,1-2,5-6H2,(H,17,20). The molecule has 1 atom stereocenters. The highest BCUT2D eigenvalue weighted by Gasteiger charge is 2.24. The molecule has 7 heteroatoms. The highest BCUT2D eigenvalue weighted by Crippen LogP contribution is 2.28. The van der Waals surface area contributed by atoms with Crippen molar-refractivity contribution in [2.24, 2.45) is 0 Å². The first kappa shape index (κ1) is 14.1. The Labute approximate surface area is 133 Å². The maximum Gasteiger partial charge on any atom is 0.220 e. The lowest BCUT2D eigenvalue weighted by Gasteiger charge is -2.25. The molecule has 2 heterocycles. The van der Waals surface area contributed by atoms with Gasteiger partial charge in [0.05, 0.1) is 26.5 Å². The second-order valence-electron chi connectivity index (χ2n) is 4.78. The van der Waals surface area contributed by atoms with Crippen molar-refractivity contribution in [1.82, 2.24) is 14.9 Å². The molecular weight excluding hydrogens is 396 g/mol. The van der Waals surface area contributed by atoms with Gasteiger partial charge in [0.2, 0.25) is 5.91 Å². The third-order valence-electron chi connectivity index (χ3n) is 3.53. The predicted octanol–water partition coefficient (Wildman–Crippen LogP) is 2.97. The van der Waals surface area contributed by atoms with Gasteiger partial charge in [-0.3, -0.25) is 4.79 Å². The minimum atomic E-state index is -0.264. The Bertz CT molecular complexity index is 678. The highest BCUT2D eigenvalue weighted by atomic mass is 127. The number of carbonyl (C=O) groups excluding carboxylic acids is 1. The number of piperidine rings is 1. The van der Waals surface area contributed by atoms with Crippen molar-refractivity contribution in [3.63, 3.8) is 0 Å². The van der Waals surface area contributed by atoms with E-state index in [2.05, 4.69) is 10.3 Å². The second-order valence-corrected chi connectivity index (χ2v) is 6.21. The summed E-state index contributed by atoms with van der Waals surface area (Å²) in [6.07, 6.45) is 1.19. The topological polar surface area (TPSA) is 46.9 Å². The predicted molar refractivity (Wildman–Crippen MR) is 83.2 cm³/mol. The first-order valence-electron chi connectivity index (χ1n) is 6.28. The number of benzene rings is 1. The molecule has 0 bridgehead atoms. The quantitative estimate of drug-likeness (QED) is 0.615. The van der Waals surface area contributed by atoms with Crippen molar-refractivity contribution in [2.45, 2.75) is 24.8 Å². The lowest BCUT2D eigenvalue weighted by Crippen LogP contribution is -2.36. The van der Waals surface area contributed by atoms with Crippen LogP contribution in [0.2, 0.25) is 0 Å². The molecular formula is C13H12ClFIN3O. The maximum absolute atomic E-state index is 13.8. The molecule has 1 aromatic carbocycles. The zero-order valence-corrected chi connectivity index (χ0v) is 13.4. The van der Waals surface area contributed by atoms with Crippen LogP contribution in [0.15, 0.2) is 12.1 Å². The first-order chi connectivity index (χ1) is 9.60. The van der Waals surface area contributed by atoms with E-state index in [0.29, 0.717) is 22.4 Å². The monoisotopic (exact) mass is 407 g/mol. The average molecular weight is 408 g/mol. The van der Waals surface area contributed by atoms with Gasteiger partial charge in [-0.1, -0.05) is 0 Å². The van der Waals surface area contributed by atoms with E-state index in [9.17, 15) is 9.18 Å². The van der Waals surface area contributed by atoms with Crippen LogP contribution in [0.1, 0.15) is 24.7 Å². The molecule has 4 nitrogen and oxygen atoms in total. The van der Waals surface area contributed by atoms with E-state index in [0.717, 1.165) is 17.5 Å². The van der Waals surface area contributed by atoms with Crippen molar-refractivity contribution >= 4 is 51.1 Å². The van der Waals surface area contributed by atoms with E-state index in [4.69, 9.17) is 11.6 Å². The van der Waals surface area contributed by atoms with Crippen molar-refractivity contribution < 1.29 is 9.18 Å². The molecule has 0 radical (unpaired) electrons. The maximum atomic E-state index is 13.8. The van der Waals surface area contributed by atoms with E-state index in [1.54, 1.807) is 6.07 Å². The summed E-state index contributed by atoms with van der Waals surface area (Å²) in [7, 11) is 0. The number of imidazole rings is 1. The molecule has 3 rings (SSSR count). The fourth-order valence-electron chi connectivity index (χ4n) is 2.58. The zero-order chi connectivity index (χ0) is 14.3. The summed E-state index contributed by atoms with van der Waals surface area (Å²) in [5.41, 5.74) is 1.48. The van der Waals surface area contributed by atoms with E-state index >= 15 is 0 Å². The lowest BCUT2D eigenvalue weighted by molar-refractivity contribution is -0.122. The lowest BCUT2D eigenvalue weighted by atomic mass is 10.1. The SMILES string of the molecule is O=C1CCC(n2c(CCl)nc3cc(I)c(F)cc32)CN1. The molecule has 2 aromatic rings. The minimum absolute atomic E-state index is 0.0545. The molecule has 1 N–H and O–H groups in total. The number of nitrogens with one attached hydrogen (secondary N) is 1. The van der Waals surface area contributed by atoms with Gasteiger partial charge in [0.15, 0.2) is 0 Å². The van der Waals surface area contributed by atoms with Crippen LogP contribution in [-0.2, 0) is 10.7 Å². The molecule has 1 saturated heterocycles. The normalized spacial score (nSPS) is 19.4. The van der Waals surface area contributed by atoms with E-state index in [1.807, 2.05) is 27.2 Å². The van der Waals surface area contributed by atoms with E-state index in [1.165, 1.54) is 6.07 Å². The van der Waals surface area contributed by atoms with Gasteiger partial charge >= 0.3 is 0 Å². The number of hydrogen-bond donors (Lipinski definition) is 1. The third-order valence-corrected chi connectivity index (χ3v) is 4.59. The Morgan fingerprint density at radius 3 is 3.00 bits per heavy atom. The molecule has 0 aliphatic carbocycles. The minimum Gasteiger partial charge on any atom is -0.354 e. The smallest absolute Gasteiger partial charge is 0.220 e. The van der Waals surface area contributed by atoms with Crippen LogP contribution >= 0.6 is 34.2 Å². The Morgan fingerprint density at radius 1 is 1.55 bits per heavy atom. The number of hydrogen-bond acceptors (Lipinski definition) is 2. The van der Waals surface area contributed by atoms with Crippen LogP contribution in [0.25, 0.3) is 11.0 Å². The van der Waals surface area contributed by atoms with Gasteiger partial charge in [-0.05, 0) is 35.1 Å². The summed E-state index contributed by atoms with van der Waals surface area (Å²) in [6.45, 7) is 0.530. The van der Waals surface area contributed by atoms with Gasteiger partial charge in [0.1, 0.15) is 11.6 Å². The van der Waals surface area contributed by atoms with Crippen LogP contribution < -0.4 is 5.32 Å². The van der Waals surface area contributed by atoms with Crippen molar-refractivity contribution in [3.05, 3.63) is 27.3 Å². The molecule has 20 heavy (non-hydrogen) atoms. The summed E-state index contributed by atoms with van der Waals surface area (Å²) in [4.78, 5) is 15.7. The Balaban J connectivity index is 2.12. The van der Waals surface area contributed by atoms with Gasteiger partial charge in [0, 0.05) is 19.0 Å². The largest absolute Gasteiger partial charge is 0.354 e. The molecule has 1 aromatic heterocycles. The molecule has 1 aliphatic rings. The van der Waals surface area contributed by atoms with Gasteiger partial charge < -0.3 is 9.88 Å². The Morgan fingerprint density at radius 2 is 2.35 bits per heavy atom. The molecule has 1 aliphatic heterocycles. The summed E-state index contributed by atoms with van der Waals surface area (Å²) < 4.78 is 16.3. The molecule has 1 fully saturated rings. The molecule has 106 valence electrons. The number of halogens is 3. The van der Waals surface area contributed by atoms with Crippen molar-refractivity contribution in [2.75, 3.05) is 6.54 Å². The number of rotatable bonds is 2. The molecule has 0 saturated carbocycles. The number of alkyl halides is 1. The average Bonchev–Trinajstić information content (AvgIpc) is 2.78. The summed E-state index contributed by atoms with van der Waals surface area (Å²) in [5.74, 6) is 0.764. The van der Waals surface area contributed by atoms with Crippen molar-refractivity contribution in [1.29, 1.82) is 0 Å². The van der Waals surface area contributed by atoms with Gasteiger partial charge in [-0.2, -0.15) is 0 Å². The molecule has 1 amide bonds. The molecule has 0 spiro atoms. The third kappa shape index (κ3) is 2.39. The van der Waals surface area contributed by atoms with Crippen LogP contribution in [0.4, 0.5) is 4.39 Å². The highest BCUT2D eigenvalue weighted by molar-refractivity contribution is 14.1. The van der Waals surface area contributed by atoms with Crippen LogP contribution in [0.5, 0.6) is 0 Å². The van der Waals surface area contributed by atoms with Crippen LogP contribution in [-0.4, -0.2) is 22.0 Å². The fraction of sp³-hybridized carbons (Fsp3) is 0.385. The number of carbonyl (C=O) groups is 1. The van der Waals surface area contributed by atoms with E-state index < -0.39 is 0 Å². The van der Waals surface area contributed by atoms with Crippen molar-refractivity contribution in [3.8, 4) is 0 Å². The number of amides is 1. The van der Waals surface area contributed by atoms with E-state index in [-0.39, 0.29) is 23.6 Å². The first-order valence-corrected chi connectivity index (χ1v) is 7.90. The number of aromatic nitrogens is 2. The summed E-state index contributed by atoms with van der Waals surface area (Å²) in [5, 5.41) is 2.84. The van der Waals surface area contributed by atoms with Crippen LogP contribution in [0, 0.1) is 9.39 Å².